The molecule has 2 heterocycles. The topological polar surface area (TPSA) is 75.2 Å². The molecule has 6 nitrogen and oxygen atoms in total. The van der Waals surface area contributed by atoms with E-state index in [4.69, 9.17) is 0 Å². The van der Waals surface area contributed by atoms with E-state index in [1.165, 1.54) is 48.8 Å². The Kier molecular flexibility index (Phi) is 5.58. The van der Waals surface area contributed by atoms with E-state index in [-0.39, 0.29) is 17.2 Å². The number of carbonyl (C=O) groups excluding carboxylic acids is 2. The summed E-state index contributed by atoms with van der Waals surface area (Å²) in [7, 11) is 0. The van der Waals surface area contributed by atoms with Crippen molar-refractivity contribution in [2.45, 2.75) is 88.1 Å². The lowest BCUT2D eigenvalue weighted by Crippen LogP contribution is -2.51. The van der Waals surface area contributed by atoms with Gasteiger partial charge in [-0.15, -0.1) is 10.2 Å². The van der Waals surface area contributed by atoms with Crippen LogP contribution in [-0.4, -0.2) is 44.7 Å². The van der Waals surface area contributed by atoms with E-state index in [1.54, 1.807) is 0 Å². The van der Waals surface area contributed by atoms with Crippen LogP contribution >= 0.6 is 23.1 Å². The van der Waals surface area contributed by atoms with Crippen LogP contribution in [0, 0.1) is 23.2 Å². The molecule has 164 valence electrons. The Morgan fingerprint density at radius 2 is 1.67 bits per heavy atom. The fraction of sp³-hybridized carbons (Fsp3) is 0.818. The highest BCUT2D eigenvalue weighted by atomic mass is 32.2. The zero-order valence-corrected chi connectivity index (χ0v) is 19.6. The van der Waals surface area contributed by atoms with Crippen molar-refractivity contribution in [2.75, 3.05) is 11.1 Å². The molecule has 2 atom stereocenters. The van der Waals surface area contributed by atoms with Crippen LogP contribution in [0.3, 0.4) is 0 Å². The minimum atomic E-state index is -0.176. The van der Waals surface area contributed by atoms with Crippen molar-refractivity contribution in [2.24, 2.45) is 23.2 Å². The van der Waals surface area contributed by atoms with Gasteiger partial charge >= 0.3 is 0 Å². The van der Waals surface area contributed by atoms with Crippen LogP contribution in [-0.2, 0) is 9.59 Å². The van der Waals surface area contributed by atoms with Gasteiger partial charge in [-0.3, -0.25) is 9.59 Å². The van der Waals surface area contributed by atoms with E-state index in [0.29, 0.717) is 23.0 Å². The first-order valence-electron chi connectivity index (χ1n) is 11.5. The average molecular weight is 449 g/mol. The van der Waals surface area contributed by atoms with E-state index in [2.05, 4.69) is 29.4 Å². The molecule has 0 unspecified atom stereocenters. The SMILES string of the molecule is C[C@@H]1CCC[C@@H](C)N1C(=O)CSc1nnc(NC(=O)C23CC4CC(CC(C4)C2)C3)s1. The number of anilines is 1. The van der Waals surface area contributed by atoms with Gasteiger partial charge in [0.2, 0.25) is 16.9 Å². The number of aromatic nitrogens is 2. The fourth-order valence-corrected chi connectivity index (χ4v) is 8.66. The summed E-state index contributed by atoms with van der Waals surface area (Å²) in [6.07, 6.45) is 10.5. The summed E-state index contributed by atoms with van der Waals surface area (Å²) in [5, 5.41) is 12.1. The number of rotatable bonds is 5. The number of hydrogen-bond acceptors (Lipinski definition) is 6. The highest BCUT2D eigenvalue weighted by molar-refractivity contribution is 8.01. The zero-order valence-electron chi connectivity index (χ0n) is 17.9. The van der Waals surface area contributed by atoms with Gasteiger partial charge in [0.1, 0.15) is 0 Å². The summed E-state index contributed by atoms with van der Waals surface area (Å²) < 4.78 is 0.751. The summed E-state index contributed by atoms with van der Waals surface area (Å²) in [4.78, 5) is 27.9. The molecule has 0 spiro atoms. The van der Waals surface area contributed by atoms with Crippen molar-refractivity contribution in [3.63, 3.8) is 0 Å². The molecule has 4 aliphatic carbocycles. The maximum absolute atomic E-state index is 13.2. The second kappa shape index (κ2) is 8.08. The molecule has 5 aliphatic rings. The van der Waals surface area contributed by atoms with Crippen LogP contribution in [0.4, 0.5) is 5.13 Å². The van der Waals surface area contributed by atoms with Gasteiger partial charge in [-0.1, -0.05) is 23.1 Å². The van der Waals surface area contributed by atoms with Crippen molar-refractivity contribution in [3.8, 4) is 0 Å². The highest BCUT2D eigenvalue weighted by Crippen LogP contribution is 2.60. The second-order valence-corrected chi connectivity index (χ2v) is 12.4. The van der Waals surface area contributed by atoms with Crippen molar-refractivity contribution >= 4 is 40.0 Å². The molecule has 1 aliphatic heterocycles. The number of likely N-dealkylation sites (tertiary alicyclic amines) is 1. The molecule has 0 radical (unpaired) electrons. The molecular weight excluding hydrogens is 416 g/mol. The summed E-state index contributed by atoms with van der Waals surface area (Å²) >= 11 is 2.83. The van der Waals surface area contributed by atoms with Crippen molar-refractivity contribution in [1.82, 2.24) is 15.1 Å². The summed E-state index contributed by atoms with van der Waals surface area (Å²) in [5.74, 6) is 2.94. The lowest BCUT2D eigenvalue weighted by atomic mass is 9.49. The molecule has 4 bridgehead atoms. The van der Waals surface area contributed by atoms with Crippen LogP contribution in [0.25, 0.3) is 0 Å². The number of hydrogen-bond donors (Lipinski definition) is 1. The smallest absolute Gasteiger partial charge is 0.233 e. The van der Waals surface area contributed by atoms with E-state index in [1.807, 2.05) is 4.90 Å². The maximum Gasteiger partial charge on any atom is 0.233 e. The third-order valence-electron chi connectivity index (χ3n) is 7.95. The van der Waals surface area contributed by atoms with Gasteiger partial charge in [-0.25, -0.2) is 0 Å². The molecule has 30 heavy (non-hydrogen) atoms. The molecule has 4 saturated carbocycles. The summed E-state index contributed by atoms with van der Waals surface area (Å²) in [5.41, 5.74) is -0.176. The van der Waals surface area contributed by atoms with Crippen LogP contribution in [0.2, 0.25) is 0 Å². The Labute approximate surface area is 187 Å². The highest BCUT2D eigenvalue weighted by Gasteiger charge is 2.54. The van der Waals surface area contributed by atoms with Gasteiger partial charge in [0, 0.05) is 12.1 Å². The van der Waals surface area contributed by atoms with Gasteiger partial charge in [0.25, 0.3) is 0 Å². The first-order valence-corrected chi connectivity index (χ1v) is 13.3. The van der Waals surface area contributed by atoms with Crippen LogP contribution < -0.4 is 5.32 Å². The van der Waals surface area contributed by atoms with Crippen molar-refractivity contribution in [3.05, 3.63) is 0 Å². The molecule has 1 aromatic heterocycles. The van der Waals surface area contributed by atoms with Gasteiger partial charge < -0.3 is 10.2 Å². The average Bonchev–Trinajstić information content (AvgIpc) is 3.12. The fourth-order valence-electron chi connectivity index (χ4n) is 7.05. The quantitative estimate of drug-likeness (QED) is 0.527. The molecule has 0 aromatic carbocycles. The number of carbonyl (C=O) groups is 2. The van der Waals surface area contributed by atoms with Gasteiger partial charge in [-0.2, -0.15) is 0 Å². The number of nitrogens with one attached hydrogen (secondary N) is 1. The number of thioether (sulfide) groups is 1. The molecule has 1 aromatic rings. The van der Waals surface area contributed by atoms with E-state index in [9.17, 15) is 9.59 Å². The zero-order chi connectivity index (χ0) is 20.9. The van der Waals surface area contributed by atoms with Crippen molar-refractivity contribution in [1.29, 1.82) is 0 Å². The molecular formula is C22H32N4O2S2. The minimum absolute atomic E-state index is 0.154. The molecule has 1 saturated heterocycles. The van der Waals surface area contributed by atoms with Crippen LogP contribution in [0.15, 0.2) is 4.34 Å². The predicted molar refractivity (Wildman–Crippen MR) is 119 cm³/mol. The Balaban J connectivity index is 1.17. The lowest BCUT2D eigenvalue weighted by Gasteiger charge is -2.55. The van der Waals surface area contributed by atoms with Gasteiger partial charge in [0.05, 0.1) is 11.2 Å². The van der Waals surface area contributed by atoms with E-state index < -0.39 is 0 Å². The Bertz CT molecular complexity index is 781. The molecule has 2 amide bonds. The minimum Gasteiger partial charge on any atom is -0.337 e. The standard InChI is InChI=1S/C22H32N4O2S2/c1-13-4-3-5-14(2)26(13)18(27)12-29-21-25-24-20(30-21)23-19(28)22-9-15-6-16(10-22)8-17(7-15)11-22/h13-17H,3-12H2,1-2H3,(H,23,24,28)/t13-,14-,15?,16?,17?,22?/m1/s1. The summed E-state index contributed by atoms with van der Waals surface area (Å²) in [6.45, 7) is 4.28. The Morgan fingerprint density at radius 3 is 2.27 bits per heavy atom. The number of amides is 2. The van der Waals surface area contributed by atoms with Crippen LogP contribution in [0.5, 0.6) is 0 Å². The second-order valence-electron chi connectivity index (χ2n) is 10.2. The Hall–Kier alpha value is -1.15. The number of nitrogens with zero attached hydrogens (tertiary/aromatic N) is 3. The maximum atomic E-state index is 13.2. The predicted octanol–water partition coefficient (Wildman–Crippen LogP) is 4.57. The van der Waals surface area contributed by atoms with Gasteiger partial charge in [-0.05, 0) is 89.4 Å². The third-order valence-corrected chi connectivity index (χ3v) is 9.90. The van der Waals surface area contributed by atoms with Gasteiger partial charge in [0.15, 0.2) is 4.34 Å². The molecule has 8 heteroatoms. The first kappa shape index (κ1) is 20.7. The van der Waals surface area contributed by atoms with E-state index >= 15 is 0 Å². The molecule has 6 rings (SSSR count). The van der Waals surface area contributed by atoms with E-state index in [0.717, 1.165) is 54.2 Å². The van der Waals surface area contributed by atoms with Crippen molar-refractivity contribution < 1.29 is 9.59 Å². The Morgan fingerprint density at radius 1 is 1.07 bits per heavy atom. The molecule has 5 fully saturated rings. The van der Waals surface area contributed by atoms with Crippen LogP contribution in [0.1, 0.15) is 71.6 Å². The third kappa shape index (κ3) is 3.90. The molecule has 1 N–H and O–H groups in total. The lowest BCUT2D eigenvalue weighted by molar-refractivity contribution is -0.140. The largest absolute Gasteiger partial charge is 0.337 e. The normalized spacial score (nSPS) is 37.4. The number of piperidine rings is 1. The first-order chi connectivity index (χ1) is 14.4. The monoisotopic (exact) mass is 448 g/mol. The summed E-state index contributed by atoms with van der Waals surface area (Å²) in [6, 6.07) is 0.623.